The molecule has 2 aromatic rings. The molecular formula is C15H20ClN3S. The van der Waals surface area contributed by atoms with Crippen molar-refractivity contribution >= 4 is 28.8 Å². The zero-order chi connectivity index (χ0) is 14.6. The molecule has 0 saturated heterocycles. The molecule has 0 bridgehead atoms. The van der Waals surface area contributed by atoms with Crippen molar-refractivity contribution in [1.29, 1.82) is 0 Å². The average Bonchev–Trinajstić information content (AvgIpc) is 2.91. The molecule has 0 amide bonds. The molecule has 0 aromatic carbocycles. The molecule has 0 aliphatic heterocycles. The number of thiophene rings is 1. The quantitative estimate of drug-likeness (QED) is 0.796. The molecule has 5 heteroatoms. The van der Waals surface area contributed by atoms with E-state index in [0.29, 0.717) is 5.15 Å². The van der Waals surface area contributed by atoms with Crippen molar-refractivity contribution in [1.82, 2.24) is 9.97 Å². The lowest BCUT2D eigenvalue weighted by Gasteiger charge is -2.24. The number of aryl methyl sites for hydroxylation is 1. The molecule has 2 heterocycles. The van der Waals surface area contributed by atoms with Crippen LogP contribution < -0.4 is 5.32 Å². The highest BCUT2D eigenvalue weighted by atomic mass is 35.5. The Kier molecular flexibility index (Phi) is 5.00. The third-order valence-electron chi connectivity index (χ3n) is 3.11. The number of nitrogens with one attached hydrogen (secondary N) is 1. The van der Waals surface area contributed by atoms with Gasteiger partial charge in [-0.2, -0.15) is 0 Å². The van der Waals surface area contributed by atoms with Crippen LogP contribution in [0.25, 0.3) is 0 Å². The number of anilines is 1. The van der Waals surface area contributed by atoms with Gasteiger partial charge in [0.05, 0.1) is 0 Å². The van der Waals surface area contributed by atoms with Crippen LogP contribution in [0.5, 0.6) is 0 Å². The Bertz CT molecular complexity index is 552. The zero-order valence-corrected chi connectivity index (χ0v) is 13.7. The number of hydrogen-bond donors (Lipinski definition) is 1. The van der Waals surface area contributed by atoms with Gasteiger partial charge in [0.25, 0.3) is 0 Å². The summed E-state index contributed by atoms with van der Waals surface area (Å²) in [5.74, 6) is 1.61. The van der Waals surface area contributed by atoms with Crippen LogP contribution >= 0.6 is 22.9 Å². The van der Waals surface area contributed by atoms with Gasteiger partial charge in [-0.15, -0.1) is 11.3 Å². The Morgan fingerprint density at radius 1 is 1.35 bits per heavy atom. The number of rotatable bonds is 6. The molecule has 0 aliphatic carbocycles. The topological polar surface area (TPSA) is 37.8 Å². The number of halogens is 1. The van der Waals surface area contributed by atoms with Crippen LogP contribution in [0.2, 0.25) is 5.15 Å². The van der Waals surface area contributed by atoms with Crippen molar-refractivity contribution in [2.45, 2.75) is 39.0 Å². The van der Waals surface area contributed by atoms with Crippen LogP contribution in [-0.2, 0) is 11.8 Å². The van der Waals surface area contributed by atoms with E-state index in [4.69, 9.17) is 11.6 Å². The Morgan fingerprint density at radius 3 is 2.80 bits per heavy atom. The fourth-order valence-electron chi connectivity index (χ4n) is 1.95. The highest BCUT2D eigenvalue weighted by Crippen LogP contribution is 2.27. The van der Waals surface area contributed by atoms with E-state index < -0.39 is 0 Å². The Labute approximate surface area is 129 Å². The van der Waals surface area contributed by atoms with Crippen LogP contribution in [-0.4, -0.2) is 16.5 Å². The third kappa shape index (κ3) is 3.93. The maximum Gasteiger partial charge on any atom is 0.134 e. The van der Waals surface area contributed by atoms with Crippen molar-refractivity contribution in [2.75, 3.05) is 11.9 Å². The van der Waals surface area contributed by atoms with Gasteiger partial charge >= 0.3 is 0 Å². The van der Waals surface area contributed by atoms with E-state index in [1.165, 1.54) is 4.88 Å². The Hall–Kier alpha value is -1.13. The molecule has 1 N–H and O–H groups in total. The van der Waals surface area contributed by atoms with Crippen LogP contribution in [0.1, 0.15) is 37.9 Å². The van der Waals surface area contributed by atoms with Crippen LogP contribution in [0.4, 0.5) is 5.82 Å². The van der Waals surface area contributed by atoms with Crippen molar-refractivity contribution < 1.29 is 0 Å². The maximum absolute atomic E-state index is 6.05. The summed E-state index contributed by atoms with van der Waals surface area (Å²) in [6.07, 6.45) is 1.87. The van der Waals surface area contributed by atoms with Gasteiger partial charge in [0.15, 0.2) is 0 Å². The molecule has 0 saturated carbocycles. The predicted octanol–water partition coefficient (Wildman–Crippen LogP) is 4.53. The molecule has 2 aromatic heterocycles. The van der Waals surface area contributed by atoms with Gasteiger partial charge in [-0.05, 0) is 17.9 Å². The largest absolute Gasteiger partial charge is 0.369 e. The van der Waals surface area contributed by atoms with E-state index in [0.717, 1.165) is 31.0 Å². The molecule has 0 unspecified atom stereocenters. The number of nitrogens with zero attached hydrogens (tertiary/aromatic N) is 2. The molecule has 20 heavy (non-hydrogen) atoms. The molecule has 0 radical (unpaired) electrons. The second kappa shape index (κ2) is 6.55. The van der Waals surface area contributed by atoms with E-state index in [-0.39, 0.29) is 5.41 Å². The summed E-state index contributed by atoms with van der Waals surface area (Å²) >= 11 is 7.83. The van der Waals surface area contributed by atoms with E-state index in [9.17, 15) is 0 Å². The summed E-state index contributed by atoms with van der Waals surface area (Å²) in [6, 6.07) is 6.04. The fraction of sp³-hybridized carbons (Fsp3) is 0.467. The van der Waals surface area contributed by atoms with E-state index in [1.54, 1.807) is 17.4 Å². The minimum atomic E-state index is 0.0660. The number of hydrogen-bond acceptors (Lipinski definition) is 4. The zero-order valence-electron chi connectivity index (χ0n) is 12.1. The molecule has 0 aliphatic rings. The van der Waals surface area contributed by atoms with Crippen molar-refractivity contribution in [3.63, 3.8) is 0 Å². The average molecular weight is 310 g/mol. The second-order valence-electron chi connectivity index (χ2n) is 5.46. The van der Waals surface area contributed by atoms with E-state index >= 15 is 0 Å². The minimum absolute atomic E-state index is 0.0660. The normalized spacial score (nSPS) is 11.6. The van der Waals surface area contributed by atoms with Gasteiger partial charge in [0.2, 0.25) is 0 Å². The summed E-state index contributed by atoms with van der Waals surface area (Å²) in [5.41, 5.74) is 0.0660. The highest BCUT2D eigenvalue weighted by Gasteiger charge is 2.21. The lowest BCUT2D eigenvalue weighted by molar-refractivity contribution is 0.568. The standard InChI is InChI=1S/C15H20ClN3S/c1-4-6-13-18-12(16)9-14(19-13)17-10-15(2,3)11-7-5-8-20-11/h5,7-9H,4,6,10H2,1-3H3,(H,17,18,19). The molecule has 0 atom stereocenters. The van der Waals surface area contributed by atoms with Gasteiger partial charge in [0.1, 0.15) is 16.8 Å². The summed E-state index contributed by atoms with van der Waals surface area (Å²) in [7, 11) is 0. The smallest absolute Gasteiger partial charge is 0.134 e. The minimum Gasteiger partial charge on any atom is -0.369 e. The summed E-state index contributed by atoms with van der Waals surface area (Å²) < 4.78 is 0. The van der Waals surface area contributed by atoms with Gasteiger partial charge in [-0.25, -0.2) is 9.97 Å². The molecule has 2 rings (SSSR count). The monoisotopic (exact) mass is 309 g/mol. The third-order valence-corrected chi connectivity index (χ3v) is 4.54. The van der Waals surface area contributed by atoms with Crippen LogP contribution in [0.15, 0.2) is 23.6 Å². The lowest BCUT2D eigenvalue weighted by atomic mass is 9.91. The maximum atomic E-state index is 6.05. The summed E-state index contributed by atoms with van der Waals surface area (Å²) in [6.45, 7) is 7.37. The van der Waals surface area contributed by atoms with Gasteiger partial charge in [0, 0.05) is 29.3 Å². The molecule has 108 valence electrons. The molecule has 0 fully saturated rings. The van der Waals surface area contributed by atoms with Crippen molar-refractivity contribution in [3.05, 3.63) is 39.4 Å². The van der Waals surface area contributed by atoms with E-state index in [1.807, 2.05) is 0 Å². The summed E-state index contributed by atoms with van der Waals surface area (Å²) in [4.78, 5) is 10.1. The lowest BCUT2D eigenvalue weighted by Crippen LogP contribution is -2.27. The predicted molar refractivity (Wildman–Crippen MR) is 86.9 cm³/mol. The highest BCUT2D eigenvalue weighted by molar-refractivity contribution is 7.10. The van der Waals surface area contributed by atoms with E-state index in [2.05, 4.69) is 53.6 Å². The van der Waals surface area contributed by atoms with Crippen molar-refractivity contribution in [2.24, 2.45) is 0 Å². The second-order valence-corrected chi connectivity index (χ2v) is 6.79. The van der Waals surface area contributed by atoms with Gasteiger partial charge in [-0.1, -0.05) is 38.4 Å². The van der Waals surface area contributed by atoms with Crippen LogP contribution in [0, 0.1) is 0 Å². The first-order valence-corrected chi connectivity index (χ1v) is 8.08. The van der Waals surface area contributed by atoms with Gasteiger partial charge in [-0.3, -0.25) is 0 Å². The first-order chi connectivity index (χ1) is 9.51. The Morgan fingerprint density at radius 2 is 2.15 bits per heavy atom. The molecule has 0 spiro atoms. The van der Waals surface area contributed by atoms with Crippen LogP contribution in [0.3, 0.4) is 0 Å². The molecule has 3 nitrogen and oxygen atoms in total. The first kappa shape index (κ1) is 15.3. The Balaban J connectivity index is 2.07. The number of aromatic nitrogens is 2. The van der Waals surface area contributed by atoms with Crippen molar-refractivity contribution in [3.8, 4) is 0 Å². The molecular weight excluding hydrogens is 290 g/mol. The first-order valence-electron chi connectivity index (χ1n) is 6.82. The summed E-state index contributed by atoms with van der Waals surface area (Å²) in [5, 5.41) is 5.99. The fourth-order valence-corrected chi connectivity index (χ4v) is 3.01. The van der Waals surface area contributed by atoms with Gasteiger partial charge < -0.3 is 5.32 Å². The SMILES string of the molecule is CCCc1nc(Cl)cc(NCC(C)(C)c2cccs2)n1.